The summed E-state index contributed by atoms with van der Waals surface area (Å²) in [6, 6.07) is 6.18. The number of methoxy groups -OCH3 is 2. The van der Waals surface area contributed by atoms with E-state index in [2.05, 4.69) is 38.2 Å². The third kappa shape index (κ3) is 9.78. The predicted octanol–water partition coefficient (Wildman–Crippen LogP) is 4.44. The Morgan fingerprint density at radius 3 is 2.34 bits per heavy atom. The van der Waals surface area contributed by atoms with Gasteiger partial charge in [-0.1, -0.05) is 47.6 Å². The number of carbonyl (C=O) groups is 1. The van der Waals surface area contributed by atoms with Crippen molar-refractivity contribution >= 4 is 5.91 Å². The number of benzene rings is 1. The minimum absolute atomic E-state index is 0.0191. The zero-order chi connectivity index (χ0) is 24.3. The summed E-state index contributed by atoms with van der Waals surface area (Å²) in [6.45, 7) is 14.2. The van der Waals surface area contributed by atoms with Gasteiger partial charge in [0, 0.05) is 38.1 Å². The largest absolute Gasteiger partial charge is 0.493 e. The SMILES string of the molecule is COCCCOc1cc(C[C@@H](C[C@H](N)[C@@H](C)CNC(=O)C(C)(C)C)C(C)C)ccc1OC. The Balaban J connectivity index is 2.76. The zero-order valence-corrected chi connectivity index (χ0v) is 21.5. The molecule has 1 aromatic rings. The van der Waals surface area contributed by atoms with Crippen LogP contribution in [0.2, 0.25) is 0 Å². The van der Waals surface area contributed by atoms with Gasteiger partial charge in [0.05, 0.1) is 13.7 Å². The van der Waals surface area contributed by atoms with Crippen molar-refractivity contribution in [2.24, 2.45) is 28.9 Å². The summed E-state index contributed by atoms with van der Waals surface area (Å²) < 4.78 is 16.5. The molecule has 32 heavy (non-hydrogen) atoms. The van der Waals surface area contributed by atoms with Crippen LogP contribution < -0.4 is 20.5 Å². The number of hydrogen-bond donors (Lipinski definition) is 2. The number of ether oxygens (including phenoxy) is 3. The van der Waals surface area contributed by atoms with Gasteiger partial charge in [-0.3, -0.25) is 4.79 Å². The standard InChI is InChI=1S/C26H46N2O4/c1-18(2)21(16-22(27)19(3)17-28-25(29)26(4,5)6)14-20-10-11-23(31-8)24(15-20)32-13-9-12-30-7/h10-11,15,18-19,21-22H,9,12-14,16-17,27H2,1-8H3,(H,28,29)/t19-,21-,22-/m0/s1. The van der Waals surface area contributed by atoms with Crippen LogP contribution in [-0.4, -0.2) is 45.9 Å². The molecule has 0 aliphatic carbocycles. The average molecular weight is 451 g/mol. The van der Waals surface area contributed by atoms with Crippen molar-refractivity contribution in [2.45, 2.75) is 66.8 Å². The maximum atomic E-state index is 12.2. The number of nitrogens with one attached hydrogen (secondary N) is 1. The van der Waals surface area contributed by atoms with Gasteiger partial charge in [-0.25, -0.2) is 0 Å². The van der Waals surface area contributed by atoms with E-state index in [1.54, 1.807) is 14.2 Å². The van der Waals surface area contributed by atoms with E-state index < -0.39 is 0 Å². The minimum atomic E-state index is -0.387. The molecule has 184 valence electrons. The van der Waals surface area contributed by atoms with Gasteiger partial charge in [0.25, 0.3) is 0 Å². The molecule has 0 aromatic heterocycles. The van der Waals surface area contributed by atoms with Crippen molar-refractivity contribution in [3.05, 3.63) is 23.8 Å². The summed E-state index contributed by atoms with van der Waals surface area (Å²) in [7, 11) is 3.35. The van der Waals surface area contributed by atoms with Crippen LogP contribution in [0, 0.1) is 23.2 Å². The van der Waals surface area contributed by atoms with Crippen LogP contribution in [0.4, 0.5) is 0 Å². The van der Waals surface area contributed by atoms with Gasteiger partial charge in [0.1, 0.15) is 0 Å². The molecule has 0 aliphatic rings. The second-order valence-corrected chi connectivity index (χ2v) is 10.2. The highest BCUT2D eigenvalue weighted by atomic mass is 16.5. The fourth-order valence-electron chi connectivity index (χ4n) is 3.49. The zero-order valence-electron chi connectivity index (χ0n) is 21.5. The lowest BCUT2D eigenvalue weighted by Gasteiger charge is -2.29. The Morgan fingerprint density at radius 1 is 1.09 bits per heavy atom. The van der Waals surface area contributed by atoms with Crippen molar-refractivity contribution in [2.75, 3.05) is 34.0 Å². The Kier molecular flexibility index (Phi) is 12.1. The van der Waals surface area contributed by atoms with Gasteiger partial charge in [-0.2, -0.15) is 0 Å². The van der Waals surface area contributed by atoms with Crippen LogP contribution >= 0.6 is 0 Å². The van der Waals surface area contributed by atoms with Crippen LogP contribution in [0.25, 0.3) is 0 Å². The molecule has 1 amide bonds. The molecule has 3 N–H and O–H groups in total. The quantitative estimate of drug-likeness (QED) is 0.410. The van der Waals surface area contributed by atoms with Crippen LogP contribution in [0.1, 0.15) is 59.9 Å². The van der Waals surface area contributed by atoms with Crippen molar-refractivity contribution in [3.63, 3.8) is 0 Å². The van der Waals surface area contributed by atoms with Gasteiger partial charge in [0.15, 0.2) is 11.5 Å². The van der Waals surface area contributed by atoms with E-state index in [0.717, 1.165) is 30.8 Å². The number of amides is 1. The molecular weight excluding hydrogens is 404 g/mol. The fraction of sp³-hybridized carbons (Fsp3) is 0.731. The highest BCUT2D eigenvalue weighted by Gasteiger charge is 2.25. The van der Waals surface area contributed by atoms with E-state index >= 15 is 0 Å². The summed E-state index contributed by atoms with van der Waals surface area (Å²) >= 11 is 0. The van der Waals surface area contributed by atoms with E-state index in [1.807, 2.05) is 26.8 Å². The lowest BCUT2D eigenvalue weighted by atomic mass is 9.81. The first-order valence-electron chi connectivity index (χ1n) is 11.8. The summed E-state index contributed by atoms with van der Waals surface area (Å²) in [4.78, 5) is 12.2. The second kappa shape index (κ2) is 13.7. The molecule has 1 aromatic carbocycles. The van der Waals surface area contributed by atoms with E-state index in [-0.39, 0.29) is 23.3 Å². The fourth-order valence-corrected chi connectivity index (χ4v) is 3.49. The van der Waals surface area contributed by atoms with Crippen LogP contribution in [0.3, 0.4) is 0 Å². The summed E-state index contributed by atoms with van der Waals surface area (Å²) in [5.41, 5.74) is 7.39. The van der Waals surface area contributed by atoms with Gasteiger partial charge < -0.3 is 25.3 Å². The first-order valence-corrected chi connectivity index (χ1v) is 11.8. The molecule has 0 radical (unpaired) electrons. The number of carbonyl (C=O) groups excluding carboxylic acids is 1. The van der Waals surface area contributed by atoms with Gasteiger partial charge in [-0.05, 0) is 48.3 Å². The second-order valence-electron chi connectivity index (χ2n) is 10.2. The molecule has 0 spiro atoms. The Bertz CT molecular complexity index is 685. The van der Waals surface area contributed by atoms with E-state index in [0.29, 0.717) is 31.6 Å². The molecular formula is C26H46N2O4. The summed E-state index contributed by atoms with van der Waals surface area (Å²) in [6.07, 6.45) is 2.65. The summed E-state index contributed by atoms with van der Waals surface area (Å²) in [5.74, 6) is 2.70. The molecule has 0 aliphatic heterocycles. The van der Waals surface area contributed by atoms with Gasteiger partial charge >= 0.3 is 0 Å². The van der Waals surface area contributed by atoms with Crippen molar-refractivity contribution in [3.8, 4) is 11.5 Å². The number of nitrogens with two attached hydrogens (primary N) is 1. The highest BCUT2D eigenvalue weighted by molar-refractivity contribution is 5.81. The molecule has 0 unspecified atom stereocenters. The molecule has 0 fully saturated rings. The van der Waals surface area contributed by atoms with E-state index in [9.17, 15) is 4.79 Å². The number of rotatable bonds is 14. The highest BCUT2D eigenvalue weighted by Crippen LogP contribution is 2.31. The molecule has 3 atom stereocenters. The molecule has 0 saturated carbocycles. The van der Waals surface area contributed by atoms with E-state index in [1.165, 1.54) is 5.56 Å². The Morgan fingerprint density at radius 2 is 1.78 bits per heavy atom. The maximum Gasteiger partial charge on any atom is 0.225 e. The topological polar surface area (TPSA) is 82.8 Å². The van der Waals surface area contributed by atoms with E-state index in [4.69, 9.17) is 19.9 Å². The van der Waals surface area contributed by atoms with Crippen LogP contribution in [0.5, 0.6) is 11.5 Å². The smallest absolute Gasteiger partial charge is 0.225 e. The lowest BCUT2D eigenvalue weighted by Crippen LogP contribution is -2.42. The lowest BCUT2D eigenvalue weighted by molar-refractivity contribution is -0.128. The first-order chi connectivity index (χ1) is 15.0. The Hall–Kier alpha value is -1.79. The molecule has 6 heteroatoms. The minimum Gasteiger partial charge on any atom is -0.493 e. The maximum absolute atomic E-state index is 12.2. The predicted molar refractivity (Wildman–Crippen MR) is 131 cm³/mol. The summed E-state index contributed by atoms with van der Waals surface area (Å²) in [5, 5.41) is 3.05. The first kappa shape index (κ1) is 28.2. The molecule has 0 bridgehead atoms. The molecule has 1 rings (SSSR count). The van der Waals surface area contributed by atoms with Gasteiger partial charge in [-0.15, -0.1) is 0 Å². The third-order valence-corrected chi connectivity index (χ3v) is 5.99. The van der Waals surface area contributed by atoms with Crippen molar-refractivity contribution in [1.29, 1.82) is 0 Å². The van der Waals surface area contributed by atoms with Crippen molar-refractivity contribution in [1.82, 2.24) is 5.32 Å². The average Bonchev–Trinajstić information content (AvgIpc) is 2.73. The normalized spacial score (nSPS) is 14.7. The third-order valence-electron chi connectivity index (χ3n) is 5.99. The molecule has 6 nitrogen and oxygen atoms in total. The monoisotopic (exact) mass is 450 g/mol. The van der Waals surface area contributed by atoms with Crippen LogP contribution in [0.15, 0.2) is 18.2 Å². The molecule has 0 heterocycles. The van der Waals surface area contributed by atoms with Crippen molar-refractivity contribution < 1.29 is 19.0 Å². The number of hydrogen-bond acceptors (Lipinski definition) is 5. The van der Waals surface area contributed by atoms with Gasteiger partial charge in [0.2, 0.25) is 5.91 Å². The van der Waals surface area contributed by atoms with Crippen LogP contribution in [-0.2, 0) is 16.0 Å². The Labute approximate surface area is 195 Å². The molecule has 0 saturated heterocycles.